The number of fused-ring (bicyclic) bond motifs is 1. The minimum atomic E-state index is -3.46. The standard InChI is InChI=1S/C16H23N3O3S/c1-12(20)19-9-6-13-10-15(4-5-16(13)19)23(21,22)18-8-7-14(11-18)17(2)3/h4-5,10,14H,6-9,11H2,1-3H3. The van der Waals surface area contributed by atoms with Crippen LogP contribution in [0.25, 0.3) is 0 Å². The summed E-state index contributed by atoms with van der Waals surface area (Å²) in [6, 6.07) is 5.39. The molecule has 0 bridgehead atoms. The molecule has 1 aromatic rings. The minimum Gasteiger partial charge on any atom is -0.312 e. The lowest BCUT2D eigenvalue weighted by Gasteiger charge is -2.21. The number of sulfonamides is 1. The molecule has 1 saturated heterocycles. The summed E-state index contributed by atoms with van der Waals surface area (Å²) in [5.74, 6) is -0.00674. The topological polar surface area (TPSA) is 60.9 Å². The number of hydrogen-bond donors (Lipinski definition) is 0. The number of anilines is 1. The van der Waals surface area contributed by atoms with Crippen LogP contribution in [0.3, 0.4) is 0 Å². The highest BCUT2D eigenvalue weighted by molar-refractivity contribution is 7.89. The van der Waals surface area contributed by atoms with E-state index in [0.29, 0.717) is 31.0 Å². The van der Waals surface area contributed by atoms with Crippen LogP contribution < -0.4 is 4.90 Å². The smallest absolute Gasteiger partial charge is 0.243 e. The van der Waals surface area contributed by atoms with Gasteiger partial charge in [0.1, 0.15) is 0 Å². The van der Waals surface area contributed by atoms with Gasteiger partial charge in [0, 0.05) is 38.3 Å². The van der Waals surface area contributed by atoms with E-state index in [9.17, 15) is 13.2 Å². The molecule has 23 heavy (non-hydrogen) atoms. The number of rotatable bonds is 3. The van der Waals surface area contributed by atoms with Crippen molar-refractivity contribution < 1.29 is 13.2 Å². The first-order chi connectivity index (χ1) is 10.8. The van der Waals surface area contributed by atoms with Gasteiger partial charge in [-0.2, -0.15) is 4.31 Å². The summed E-state index contributed by atoms with van der Waals surface area (Å²) >= 11 is 0. The molecular formula is C16H23N3O3S. The number of amides is 1. The number of likely N-dealkylation sites (N-methyl/N-ethyl adjacent to an activating group) is 1. The molecule has 0 N–H and O–H groups in total. The average Bonchev–Trinajstić information content (AvgIpc) is 3.13. The first-order valence-corrected chi connectivity index (χ1v) is 9.32. The van der Waals surface area contributed by atoms with Gasteiger partial charge in [-0.3, -0.25) is 4.79 Å². The molecule has 0 aromatic heterocycles. The second-order valence-electron chi connectivity index (χ2n) is 6.48. The maximum atomic E-state index is 12.8. The lowest BCUT2D eigenvalue weighted by molar-refractivity contribution is -0.116. The van der Waals surface area contributed by atoms with Gasteiger partial charge in [0.25, 0.3) is 0 Å². The fraction of sp³-hybridized carbons (Fsp3) is 0.562. The van der Waals surface area contributed by atoms with E-state index in [1.165, 1.54) is 6.92 Å². The SMILES string of the molecule is CC(=O)N1CCc2cc(S(=O)(=O)N3CCC(N(C)C)C3)ccc21. The van der Waals surface area contributed by atoms with E-state index in [1.54, 1.807) is 27.4 Å². The lowest BCUT2D eigenvalue weighted by atomic mass is 10.2. The van der Waals surface area contributed by atoms with Gasteiger partial charge in [-0.25, -0.2) is 8.42 Å². The quantitative estimate of drug-likeness (QED) is 0.823. The molecule has 1 atom stereocenters. The third kappa shape index (κ3) is 2.88. The van der Waals surface area contributed by atoms with Crippen molar-refractivity contribution in [1.82, 2.24) is 9.21 Å². The molecule has 1 fully saturated rings. The van der Waals surface area contributed by atoms with Gasteiger partial charge in [0.15, 0.2) is 0 Å². The Morgan fingerprint density at radius 3 is 2.61 bits per heavy atom. The van der Waals surface area contributed by atoms with Crippen molar-refractivity contribution in [2.45, 2.75) is 30.7 Å². The normalized spacial score (nSPS) is 21.9. The van der Waals surface area contributed by atoms with E-state index in [-0.39, 0.29) is 11.9 Å². The van der Waals surface area contributed by atoms with Crippen LogP contribution in [0.5, 0.6) is 0 Å². The molecule has 1 unspecified atom stereocenters. The van der Waals surface area contributed by atoms with Crippen LogP contribution >= 0.6 is 0 Å². The monoisotopic (exact) mass is 337 g/mol. The Morgan fingerprint density at radius 1 is 1.26 bits per heavy atom. The van der Waals surface area contributed by atoms with E-state index in [0.717, 1.165) is 17.7 Å². The van der Waals surface area contributed by atoms with E-state index >= 15 is 0 Å². The van der Waals surface area contributed by atoms with Gasteiger partial charge >= 0.3 is 0 Å². The Kier molecular flexibility index (Phi) is 4.20. The van der Waals surface area contributed by atoms with Crippen LogP contribution in [0.4, 0.5) is 5.69 Å². The number of hydrogen-bond acceptors (Lipinski definition) is 4. The Morgan fingerprint density at radius 2 is 2.00 bits per heavy atom. The van der Waals surface area contributed by atoms with Crippen molar-refractivity contribution >= 4 is 21.6 Å². The minimum absolute atomic E-state index is 0.00674. The van der Waals surface area contributed by atoms with Crippen molar-refractivity contribution in [3.05, 3.63) is 23.8 Å². The maximum Gasteiger partial charge on any atom is 0.243 e. The van der Waals surface area contributed by atoms with Gasteiger partial charge in [-0.15, -0.1) is 0 Å². The molecule has 1 aromatic carbocycles. The summed E-state index contributed by atoms with van der Waals surface area (Å²) in [5.41, 5.74) is 1.77. The van der Waals surface area contributed by atoms with E-state index in [2.05, 4.69) is 4.90 Å². The van der Waals surface area contributed by atoms with Crippen molar-refractivity contribution in [1.29, 1.82) is 0 Å². The highest BCUT2D eigenvalue weighted by Crippen LogP contribution is 2.32. The molecule has 0 saturated carbocycles. The Bertz CT molecular complexity index is 730. The summed E-state index contributed by atoms with van der Waals surface area (Å²) in [5, 5.41) is 0. The summed E-state index contributed by atoms with van der Waals surface area (Å²) in [4.78, 5) is 15.7. The highest BCUT2D eigenvalue weighted by atomic mass is 32.2. The fourth-order valence-corrected chi connectivity index (χ4v) is 4.91. The summed E-state index contributed by atoms with van der Waals surface area (Å²) < 4.78 is 27.3. The third-order valence-corrected chi connectivity index (χ3v) is 6.68. The van der Waals surface area contributed by atoms with Crippen LogP contribution in [0.2, 0.25) is 0 Å². The highest BCUT2D eigenvalue weighted by Gasteiger charge is 2.34. The first-order valence-electron chi connectivity index (χ1n) is 7.88. The lowest BCUT2D eigenvalue weighted by Crippen LogP contribution is -2.34. The molecule has 7 heteroatoms. The fourth-order valence-electron chi connectivity index (χ4n) is 3.37. The van der Waals surface area contributed by atoms with Crippen LogP contribution in [-0.2, 0) is 21.2 Å². The zero-order valence-corrected chi connectivity index (χ0v) is 14.6. The summed E-state index contributed by atoms with van der Waals surface area (Å²) in [7, 11) is 0.496. The van der Waals surface area contributed by atoms with Crippen LogP contribution in [0, 0.1) is 0 Å². The number of nitrogens with zero attached hydrogens (tertiary/aromatic N) is 3. The van der Waals surface area contributed by atoms with E-state index < -0.39 is 10.0 Å². The molecule has 0 spiro atoms. The van der Waals surface area contributed by atoms with Gasteiger partial charge in [0.05, 0.1) is 4.90 Å². The number of carbonyl (C=O) groups excluding carboxylic acids is 1. The predicted octanol–water partition coefficient (Wildman–Crippen LogP) is 0.920. The molecule has 6 nitrogen and oxygen atoms in total. The molecule has 1 amide bonds. The maximum absolute atomic E-state index is 12.8. The zero-order chi connectivity index (χ0) is 16.8. The molecule has 2 aliphatic rings. The molecule has 126 valence electrons. The van der Waals surface area contributed by atoms with Gasteiger partial charge in [-0.05, 0) is 50.7 Å². The van der Waals surface area contributed by atoms with Crippen molar-refractivity contribution in [2.24, 2.45) is 0 Å². The third-order valence-electron chi connectivity index (χ3n) is 4.82. The van der Waals surface area contributed by atoms with Crippen molar-refractivity contribution in [2.75, 3.05) is 38.6 Å². The predicted molar refractivity (Wildman–Crippen MR) is 89.0 cm³/mol. The van der Waals surface area contributed by atoms with Crippen LogP contribution in [0.1, 0.15) is 18.9 Å². The Hall–Kier alpha value is -1.44. The van der Waals surface area contributed by atoms with Crippen molar-refractivity contribution in [3.8, 4) is 0 Å². The molecular weight excluding hydrogens is 314 g/mol. The molecule has 0 radical (unpaired) electrons. The molecule has 0 aliphatic carbocycles. The van der Waals surface area contributed by atoms with Crippen LogP contribution in [0.15, 0.2) is 23.1 Å². The molecule has 2 aliphatic heterocycles. The number of carbonyl (C=O) groups is 1. The second kappa shape index (κ2) is 5.89. The second-order valence-corrected chi connectivity index (χ2v) is 8.42. The van der Waals surface area contributed by atoms with E-state index in [4.69, 9.17) is 0 Å². The van der Waals surface area contributed by atoms with Gasteiger partial charge < -0.3 is 9.80 Å². The molecule has 3 rings (SSSR count). The van der Waals surface area contributed by atoms with Gasteiger partial charge in [0.2, 0.25) is 15.9 Å². The average molecular weight is 337 g/mol. The Balaban J connectivity index is 1.86. The summed E-state index contributed by atoms with van der Waals surface area (Å²) in [6.07, 6.45) is 1.56. The molecule has 2 heterocycles. The first kappa shape index (κ1) is 16.4. The van der Waals surface area contributed by atoms with E-state index in [1.807, 2.05) is 14.1 Å². The van der Waals surface area contributed by atoms with Gasteiger partial charge in [-0.1, -0.05) is 0 Å². The van der Waals surface area contributed by atoms with Crippen LogP contribution in [-0.4, -0.2) is 63.3 Å². The Labute approximate surface area is 137 Å². The zero-order valence-electron chi connectivity index (χ0n) is 13.8. The number of benzene rings is 1. The largest absolute Gasteiger partial charge is 0.312 e. The van der Waals surface area contributed by atoms with Crippen molar-refractivity contribution in [3.63, 3.8) is 0 Å². The summed E-state index contributed by atoms with van der Waals surface area (Å²) in [6.45, 7) is 3.25.